The maximum atomic E-state index is 12.5. The van der Waals surface area contributed by atoms with Crippen molar-refractivity contribution in [3.63, 3.8) is 0 Å². The van der Waals surface area contributed by atoms with Crippen LogP contribution in [0.15, 0.2) is 12.5 Å². The molecule has 2 unspecified atom stereocenters. The molecule has 2 aliphatic heterocycles. The minimum Gasteiger partial charge on any atom is -0.353 e. The molecule has 7 nitrogen and oxygen atoms in total. The average molecular weight is 291 g/mol. The normalized spacial score (nSPS) is 25.4. The van der Waals surface area contributed by atoms with Gasteiger partial charge < -0.3 is 20.5 Å². The Kier molecular flexibility index (Phi) is 3.92. The molecular formula is C14H21N5O2. The van der Waals surface area contributed by atoms with Gasteiger partial charge in [0.05, 0.1) is 6.33 Å². The molecule has 1 aromatic heterocycles. The molecule has 2 atom stereocenters. The Labute approximate surface area is 123 Å². The predicted molar refractivity (Wildman–Crippen MR) is 76.5 cm³/mol. The van der Waals surface area contributed by atoms with Gasteiger partial charge in [-0.1, -0.05) is 0 Å². The molecule has 3 heterocycles. The van der Waals surface area contributed by atoms with Gasteiger partial charge in [-0.05, 0) is 18.8 Å². The Morgan fingerprint density at radius 1 is 1.48 bits per heavy atom. The number of hydrogen-bond acceptors (Lipinski definition) is 4. The zero-order valence-electron chi connectivity index (χ0n) is 12.0. The monoisotopic (exact) mass is 291 g/mol. The molecule has 1 aromatic rings. The zero-order chi connectivity index (χ0) is 14.8. The molecule has 2 fully saturated rings. The van der Waals surface area contributed by atoms with E-state index in [0.29, 0.717) is 44.2 Å². The summed E-state index contributed by atoms with van der Waals surface area (Å²) in [6, 6.07) is 0.227. The maximum Gasteiger partial charge on any atom is 0.274 e. The lowest BCUT2D eigenvalue weighted by Gasteiger charge is -2.41. The van der Waals surface area contributed by atoms with Gasteiger partial charge >= 0.3 is 0 Å². The number of imidazole rings is 1. The summed E-state index contributed by atoms with van der Waals surface area (Å²) in [5.41, 5.74) is 5.97. The van der Waals surface area contributed by atoms with Crippen molar-refractivity contribution >= 4 is 11.8 Å². The molecule has 7 heteroatoms. The second-order valence-corrected chi connectivity index (χ2v) is 5.80. The number of nitrogens with zero attached hydrogens (tertiary/aromatic N) is 3. The van der Waals surface area contributed by atoms with Gasteiger partial charge in [0.15, 0.2) is 0 Å². The van der Waals surface area contributed by atoms with Crippen molar-refractivity contribution in [2.75, 3.05) is 19.6 Å². The Hall–Kier alpha value is -1.89. The molecule has 0 saturated carbocycles. The van der Waals surface area contributed by atoms with Crippen LogP contribution in [0.1, 0.15) is 29.8 Å². The van der Waals surface area contributed by atoms with E-state index in [1.54, 1.807) is 12.5 Å². The van der Waals surface area contributed by atoms with Crippen LogP contribution in [0.4, 0.5) is 0 Å². The van der Waals surface area contributed by atoms with E-state index in [-0.39, 0.29) is 17.9 Å². The van der Waals surface area contributed by atoms with Crippen LogP contribution in [0.2, 0.25) is 0 Å². The Bertz CT molecular complexity index is 541. The fourth-order valence-corrected chi connectivity index (χ4v) is 3.20. The Morgan fingerprint density at radius 2 is 2.33 bits per heavy atom. The minimum absolute atomic E-state index is 0.0267. The molecule has 21 heavy (non-hydrogen) atoms. The van der Waals surface area contributed by atoms with Crippen LogP contribution >= 0.6 is 0 Å². The van der Waals surface area contributed by atoms with E-state index < -0.39 is 0 Å². The van der Waals surface area contributed by atoms with Gasteiger partial charge in [0.25, 0.3) is 5.91 Å². The van der Waals surface area contributed by atoms with Gasteiger partial charge in [0, 0.05) is 44.8 Å². The predicted octanol–water partition coefficient (Wildman–Crippen LogP) is -0.417. The van der Waals surface area contributed by atoms with Crippen LogP contribution in [0.3, 0.4) is 0 Å². The second kappa shape index (κ2) is 5.85. The lowest BCUT2D eigenvalue weighted by atomic mass is 9.85. The van der Waals surface area contributed by atoms with Crippen molar-refractivity contribution in [2.45, 2.75) is 31.8 Å². The highest BCUT2D eigenvalue weighted by molar-refractivity contribution is 5.92. The largest absolute Gasteiger partial charge is 0.353 e. The molecule has 0 radical (unpaired) electrons. The number of hydrogen-bond donors (Lipinski definition) is 2. The SMILES string of the molecule is NCCn1cnc(C(=O)N2CCC3NC(=O)CCC3C2)c1. The smallest absolute Gasteiger partial charge is 0.274 e. The molecule has 2 amide bonds. The summed E-state index contributed by atoms with van der Waals surface area (Å²) in [5, 5.41) is 3.03. The first kappa shape index (κ1) is 14.1. The van der Waals surface area contributed by atoms with Crippen LogP contribution in [0.5, 0.6) is 0 Å². The van der Waals surface area contributed by atoms with Crippen molar-refractivity contribution in [2.24, 2.45) is 11.7 Å². The summed E-state index contributed by atoms with van der Waals surface area (Å²) < 4.78 is 1.83. The quantitative estimate of drug-likeness (QED) is 0.791. The number of piperidine rings is 2. The van der Waals surface area contributed by atoms with Crippen molar-refractivity contribution in [3.8, 4) is 0 Å². The zero-order valence-corrected chi connectivity index (χ0v) is 12.0. The summed E-state index contributed by atoms with van der Waals surface area (Å²) in [6.45, 7) is 2.56. The Morgan fingerprint density at radius 3 is 3.14 bits per heavy atom. The van der Waals surface area contributed by atoms with E-state index in [0.717, 1.165) is 12.8 Å². The third kappa shape index (κ3) is 2.92. The molecule has 0 aromatic carbocycles. The van der Waals surface area contributed by atoms with Crippen LogP contribution < -0.4 is 11.1 Å². The number of amides is 2. The summed E-state index contributed by atoms with van der Waals surface area (Å²) in [5.74, 6) is 0.476. The third-order valence-corrected chi connectivity index (χ3v) is 4.35. The molecule has 0 spiro atoms. The standard InChI is InChI=1S/C14H21N5O2/c15-4-6-18-8-12(16-9-18)14(21)19-5-3-11-10(7-19)1-2-13(20)17-11/h8-11H,1-7,15H2,(H,17,20). The molecule has 2 aliphatic rings. The van der Waals surface area contributed by atoms with Crippen LogP contribution in [-0.4, -0.2) is 51.9 Å². The summed E-state index contributed by atoms with van der Waals surface area (Å²) in [7, 11) is 0. The number of carbonyl (C=O) groups excluding carboxylic acids is 2. The maximum absolute atomic E-state index is 12.5. The van der Waals surface area contributed by atoms with Crippen molar-refractivity contribution < 1.29 is 9.59 Å². The summed E-state index contributed by atoms with van der Waals surface area (Å²) >= 11 is 0. The number of aromatic nitrogens is 2. The summed E-state index contributed by atoms with van der Waals surface area (Å²) in [6.07, 6.45) is 5.65. The number of nitrogens with two attached hydrogens (primary N) is 1. The molecule has 2 saturated heterocycles. The molecule has 3 N–H and O–H groups in total. The highest BCUT2D eigenvalue weighted by Gasteiger charge is 2.35. The first-order valence-electron chi connectivity index (χ1n) is 7.48. The highest BCUT2D eigenvalue weighted by atomic mass is 16.2. The molecule has 0 aliphatic carbocycles. The Balaban J connectivity index is 1.64. The number of rotatable bonds is 3. The van der Waals surface area contributed by atoms with Crippen molar-refractivity contribution in [1.29, 1.82) is 0 Å². The summed E-state index contributed by atoms with van der Waals surface area (Å²) in [4.78, 5) is 29.9. The third-order valence-electron chi connectivity index (χ3n) is 4.35. The van der Waals surface area contributed by atoms with Gasteiger partial charge in [-0.2, -0.15) is 0 Å². The molecule has 0 bridgehead atoms. The van der Waals surface area contributed by atoms with Crippen LogP contribution in [0.25, 0.3) is 0 Å². The fourth-order valence-electron chi connectivity index (χ4n) is 3.20. The molecule has 3 rings (SSSR count). The van der Waals surface area contributed by atoms with Gasteiger partial charge in [-0.25, -0.2) is 4.98 Å². The van der Waals surface area contributed by atoms with Crippen LogP contribution in [-0.2, 0) is 11.3 Å². The molecular weight excluding hydrogens is 270 g/mol. The number of nitrogens with one attached hydrogen (secondary N) is 1. The van der Waals surface area contributed by atoms with E-state index in [1.807, 2.05) is 9.47 Å². The van der Waals surface area contributed by atoms with Crippen LogP contribution in [0, 0.1) is 5.92 Å². The van der Waals surface area contributed by atoms with Crippen molar-refractivity contribution in [3.05, 3.63) is 18.2 Å². The fraction of sp³-hybridized carbons (Fsp3) is 0.643. The first-order chi connectivity index (χ1) is 10.2. The van der Waals surface area contributed by atoms with E-state index in [1.165, 1.54) is 0 Å². The number of fused-ring (bicyclic) bond motifs is 1. The van der Waals surface area contributed by atoms with E-state index in [2.05, 4.69) is 10.3 Å². The second-order valence-electron chi connectivity index (χ2n) is 5.80. The van der Waals surface area contributed by atoms with Gasteiger partial charge in [0.1, 0.15) is 5.69 Å². The van der Waals surface area contributed by atoms with E-state index in [4.69, 9.17) is 5.73 Å². The van der Waals surface area contributed by atoms with E-state index >= 15 is 0 Å². The van der Waals surface area contributed by atoms with Gasteiger partial charge in [-0.15, -0.1) is 0 Å². The lowest BCUT2D eigenvalue weighted by molar-refractivity contribution is -0.125. The minimum atomic E-state index is -0.0267. The molecule has 114 valence electrons. The first-order valence-corrected chi connectivity index (χ1v) is 7.48. The highest BCUT2D eigenvalue weighted by Crippen LogP contribution is 2.26. The lowest BCUT2D eigenvalue weighted by Crippen LogP contribution is -2.55. The number of likely N-dealkylation sites (tertiary alicyclic amines) is 1. The number of carbonyl (C=O) groups is 2. The average Bonchev–Trinajstić information content (AvgIpc) is 2.95. The topological polar surface area (TPSA) is 93.2 Å². The van der Waals surface area contributed by atoms with Crippen molar-refractivity contribution in [1.82, 2.24) is 19.8 Å². The van der Waals surface area contributed by atoms with Gasteiger partial charge in [0.2, 0.25) is 5.91 Å². The van der Waals surface area contributed by atoms with E-state index in [9.17, 15) is 9.59 Å². The van der Waals surface area contributed by atoms with Gasteiger partial charge in [-0.3, -0.25) is 9.59 Å².